The van der Waals surface area contributed by atoms with E-state index < -0.39 is 11.9 Å². The molecule has 0 aliphatic rings. The molecule has 24 heavy (non-hydrogen) atoms. The van der Waals surface area contributed by atoms with Crippen molar-refractivity contribution in [2.75, 3.05) is 19.6 Å². The van der Waals surface area contributed by atoms with Crippen LogP contribution in [0, 0.1) is 0 Å². The zero-order valence-electron chi connectivity index (χ0n) is 13.4. The second kappa shape index (κ2) is 11.4. The molecule has 1 aromatic heterocycles. The first-order valence-corrected chi connectivity index (χ1v) is 8.05. The molecule has 1 aromatic rings. The number of rotatable bonds is 7. The van der Waals surface area contributed by atoms with Crippen LogP contribution in [0.3, 0.4) is 0 Å². The van der Waals surface area contributed by atoms with Crippen molar-refractivity contribution in [3.05, 3.63) is 16.1 Å². The summed E-state index contributed by atoms with van der Waals surface area (Å²) in [5.74, 6) is 0.139. The minimum absolute atomic E-state index is 0. The van der Waals surface area contributed by atoms with Gasteiger partial charge in [-0.1, -0.05) is 6.92 Å². The number of carbonyl (C=O) groups excluding carboxylic acids is 1. The number of aliphatic imine (C=N–C) groups is 1. The quantitative estimate of drug-likeness (QED) is 0.319. The van der Waals surface area contributed by atoms with Crippen molar-refractivity contribution in [2.24, 2.45) is 4.99 Å². The van der Waals surface area contributed by atoms with E-state index in [2.05, 4.69) is 25.9 Å². The highest BCUT2D eigenvalue weighted by Crippen LogP contribution is 2.29. The van der Waals surface area contributed by atoms with Crippen LogP contribution in [0.2, 0.25) is 0 Å². The van der Waals surface area contributed by atoms with E-state index in [1.807, 2.05) is 13.8 Å². The third-order valence-corrected chi connectivity index (χ3v) is 3.40. The van der Waals surface area contributed by atoms with E-state index in [4.69, 9.17) is 0 Å². The summed E-state index contributed by atoms with van der Waals surface area (Å²) < 4.78 is 37.4. The highest BCUT2D eigenvalue weighted by Gasteiger charge is 2.33. The number of nitrogens with zero attached hydrogens (tertiary/aromatic N) is 2. The summed E-state index contributed by atoms with van der Waals surface area (Å²) in [4.78, 5) is 19.1. The molecule has 138 valence electrons. The van der Waals surface area contributed by atoms with E-state index in [0.717, 1.165) is 23.1 Å². The van der Waals surface area contributed by atoms with Crippen molar-refractivity contribution in [3.8, 4) is 0 Å². The number of guanidine groups is 1. The SMILES string of the molecule is CCCNC(=O)CN=C(NCC)NCc1nc(C(F)(F)F)cs1.I. The maximum atomic E-state index is 12.5. The van der Waals surface area contributed by atoms with Gasteiger partial charge in [-0.3, -0.25) is 4.79 Å². The number of thiazole rings is 1. The van der Waals surface area contributed by atoms with Crippen molar-refractivity contribution in [3.63, 3.8) is 0 Å². The molecule has 11 heteroatoms. The highest BCUT2D eigenvalue weighted by molar-refractivity contribution is 14.0. The second-order valence-corrected chi connectivity index (χ2v) is 5.47. The Hall–Kier alpha value is -1.11. The molecule has 0 radical (unpaired) electrons. The van der Waals surface area contributed by atoms with Crippen LogP contribution in [0.5, 0.6) is 0 Å². The molecule has 0 unspecified atom stereocenters. The van der Waals surface area contributed by atoms with Crippen molar-refractivity contribution in [1.82, 2.24) is 20.9 Å². The normalized spacial score (nSPS) is 11.6. The number of hydrogen-bond donors (Lipinski definition) is 3. The maximum Gasteiger partial charge on any atom is 0.434 e. The van der Waals surface area contributed by atoms with E-state index in [1.165, 1.54) is 0 Å². The molecule has 1 rings (SSSR count). The minimum Gasteiger partial charge on any atom is -0.357 e. The molecular weight excluding hydrogens is 458 g/mol. The topological polar surface area (TPSA) is 78.4 Å². The van der Waals surface area contributed by atoms with Crippen molar-refractivity contribution in [2.45, 2.75) is 33.0 Å². The molecule has 0 spiro atoms. The highest BCUT2D eigenvalue weighted by atomic mass is 127. The van der Waals surface area contributed by atoms with Crippen molar-refractivity contribution in [1.29, 1.82) is 0 Å². The molecule has 0 atom stereocenters. The molecule has 0 aromatic carbocycles. The van der Waals surface area contributed by atoms with E-state index in [0.29, 0.717) is 24.1 Å². The summed E-state index contributed by atoms with van der Waals surface area (Å²) in [5, 5.41) is 9.72. The summed E-state index contributed by atoms with van der Waals surface area (Å²) in [5.41, 5.74) is -0.903. The average Bonchev–Trinajstić information content (AvgIpc) is 2.97. The van der Waals surface area contributed by atoms with Gasteiger partial charge in [-0.05, 0) is 13.3 Å². The number of amides is 1. The lowest BCUT2D eigenvalue weighted by Gasteiger charge is -2.10. The minimum atomic E-state index is -4.44. The van der Waals surface area contributed by atoms with E-state index in [-0.39, 0.29) is 43.0 Å². The molecule has 3 N–H and O–H groups in total. The number of carbonyl (C=O) groups is 1. The van der Waals surface area contributed by atoms with Gasteiger partial charge in [0.2, 0.25) is 5.91 Å². The predicted molar refractivity (Wildman–Crippen MR) is 98.7 cm³/mol. The van der Waals surface area contributed by atoms with Crippen LogP contribution in [-0.4, -0.2) is 36.5 Å². The van der Waals surface area contributed by atoms with Crippen LogP contribution in [-0.2, 0) is 17.5 Å². The lowest BCUT2D eigenvalue weighted by Crippen LogP contribution is -2.38. The summed E-state index contributed by atoms with van der Waals surface area (Å²) in [6.07, 6.45) is -3.61. The first kappa shape index (κ1) is 22.9. The first-order valence-electron chi connectivity index (χ1n) is 7.17. The van der Waals surface area contributed by atoms with Gasteiger partial charge in [0.05, 0.1) is 6.54 Å². The number of alkyl halides is 3. The standard InChI is InChI=1S/C13H20F3N5OS.HI/c1-3-5-18-10(22)6-19-12(17-4-2)20-7-11-21-9(8-23-11)13(14,15)16;/h8H,3-7H2,1-2H3,(H,18,22)(H2,17,19,20);1H. The molecule has 1 amide bonds. The Morgan fingerprint density at radius 3 is 2.54 bits per heavy atom. The Labute approximate surface area is 159 Å². The largest absolute Gasteiger partial charge is 0.434 e. The van der Waals surface area contributed by atoms with Gasteiger partial charge >= 0.3 is 6.18 Å². The molecule has 0 fully saturated rings. The van der Waals surface area contributed by atoms with Gasteiger partial charge in [0.25, 0.3) is 0 Å². The van der Waals surface area contributed by atoms with Gasteiger partial charge < -0.3 is 16.0 Å². The maximum absolute atomic E-state index is 12.5. The van der Waals surface area contributed by atoms with Crippen LogP contribution in [0.4, 0.5) is 13.2 Å². The molecule has 1 heterocycles. The Morgan fingerprint density at radius 1 is 1.29 bits per heavy atom. The second-order valence-electron chi connectivity index (χ2n) is 4.52. The monoisotopic (exact) mass is 479 g/mol. The van der Waals surface area contributed by atoms with Gasteiger partial charge in [0.1, 0.15) is 11.6 Å². The third kappa shape index (κ3) is 8.66. The Bertz CT molecular complexity index is 536. The smallest absolute Gasteiger partial charge is 0.357 e. The molecule has 0 saturated heterocycles. The van der Waals surface area contributed by atoms with E-state index in [9.17, 15) is 18.0 Å². The summed E-state index contributed by atoms with van der Waals surface area (Å²) in [7, 11) is 0. The Morgan fingerprint density at radius 2 is 2.00 bits per heavy atom. The number of hydrogen-bond acceptors (Lipinski definition) is 4. The van der Waals surface area contributed by atoms with Crippen LogP contribution in [0.15, 0.2) is 10.4 Å². The van der Waals surface area contributed by atoms with E-state index >= 15 is 0 Å². The number of nitrogens with one attached hydrogen (secondary N) is 3. The Kier molecular flexibility index (Phi) is 10.9. The van der Waals surface area contributed by atoms with Crippen LogP contribution < -0.4 is 16.0 Å². The molecule has 6 nitrogen and oxygen atoms in total. The van der Waals surface area contributed by atoms with Gasteiger partial charge in [0.15, 0.2) is 11.7 Å². The lowest BCUT2D eigenvalue weighted by molar-refractivity contribution is -0.140. The van der Waals surface area contributed by atoms with Crippen molar-refractivity contribution >= 4 is 47.2 Å². The van der Waals surface area contributed by atoms with Crippen molar-refractivity contribution < 1.29 is 18.0 Å². The molecule has 0 saturated carbocycles. The van der Waals surface area contributed by atoms with Crippen LogP contribution in [0.25, 0.3) is 0 Å². The van der Waals surface area contributed by atoms with Crippen LogP contribution >= 0.6 is 35.3 Å². The lowest BCUT2D eigenvalue weighted by atomic mass is 10.4. The third-order valence-electron chi connectivity index (χ3n) is 2.55. The molecule has 0 aliphatic heterocycles. The summed E-state index contributed by atoms with van der Waals surface area (Å²) in [6, 6.07) is 0. The first-order chi connectivity index (χ1) is 10.9. The van der Waals surface area contributed by atoms with Gasteiger partial charge in [0, 0.05) is 18.5 Å². The number of halogens is 4. The fraction of sp³-hybridized carbons (Fsp3) is 0.615. The van der Waals surface area contributed by atoms with Gasteiger partial charge in [-0.2, -0.15) is 13.2 Å². The molecular formula is C13H21F3IN5OS. The average molecular weight is 479 g/mol. The van der Waals surface area contributed by atoms with Gasteiger partial charge in [-0.25, -0.2) is 9.98 Å². The van der Waals surface area contributed by atoms with Gasteiger partial charge in [-0.15, -0.1) is 35.3 Å². The fourth-order valence-electron chi connectivity index (χ4n) is 1.49. The number of aromatic nitrogens is 1. The molecule has 0 aliphatic carbocycles. The zero-order chi connectivity index (χ0) is 17.3. The van der Waals surface area contributed by atoms with E-state index in [1.54, 1.807) is 0 Å². The molecule has 0 bridgehead atoms. The zero-order valence-corrected chi connectivity index (χ0v) is 16.5. The predicted octanol–water partition coefficient (Wildman–Crippen LogP) is 2.36. The Balaban J connectivity index is 0.00000529. The fourth-order valence-corrected chi connectivity index (χ4v) is 2.24. The summed E-state index contributed by atoms with van der Waals surface area (Å²) in [6.45, 7) is 4.98. The summed E-state index contributed by atoms with van der Waals surface area (Å²) >= 11 is 0.916. The van der Waals surface area contributed by atoms with Crippen LogP contribution in [0.1, 0.15) is 31.0 Å².